The van der Waals surface area contributed by atoms with E-state index in [1.54, 1.807) is 42.8 Å². The first-order chi connectivity index (χ1) is 11.1. The van der Waals surface area contributed by atoms with Gasteiger partial charge in [-0.1, -0.05) is 0 Å². The number of amides is 2. The molecule has 0 radical (unpaired) electrons. The van der Waals surface area contributed by atoms with Gasteiger partial charge in [-0.15, -0.1) is 0 Å². The van der Waals surface area contributed by atoms with Crippen molar-refractivity contribution < 1.29 is 9.59 Å². The Morgan fingerprint density at radius 3 is 2.17 bits per heavy atom. The number of hydrogen-bond acceptors (Lipinski definition) is 8. The van der Waals surface area contributed by atoms with Crippen molar-refractivity contribution >= 4 is 29.7 Å². The van der Waals surface area contributed by atoms with E-state index in [-0.39, 0.29) is 17.8 Å². The fourth-order valence-corrected chi connectivity index (χ4v) is 1.75. The molecule has 0 bridgehead atoms. The van der Waals surface area contributed by atoms with Gasteiger partial charge in [-0.25, -0.2) is 0 Å². The molecule has 0 fully saturated rings. The van der Waals surface area contributed by atoms with E-state index in [9.17, 15) is 9.59 Å². The van der Waals surface area contributed by atoms with Gasteiger partial charge in [0.15, 0.2) is 0 Å². The highest BCUT2D eigenvalue weighted by Crippen LogP contribution is 2.15. The minimum Gasteiger partial charge on any atom is -0.357 e. The van der Waals surface area contributed by atoms with Gasteiger partial charge in [0.05, 0.1) is 6.67 Å². The zero-order valence-electron chi connectivity index (χ0n) is 15.3. The number of hydrogen-bond donors (Lipinski definition) is 2. The third-order valence-electron chi connectivity index (χ3n) is 3.30. The van der Waals surface area contributed by atoms with Gasteiger partial charge in [0.25, 0.3) is 0 Å². The van der Waals surface area contributed by atoms with Crippen molar-refractivity contribution in [3.05, 3.63) is 0 Å². The van der Waals surface area contributed by atoms with Crippen LogP contribution in [0.5, 0.6) is 0 Å². The van der Waals surface area contributed by atoms with Gasteiger partial charge in [-0.3, -0.25) is 9.59 Å². The molecular weight excluding hydrogens is 312 g/mol. The lowest BCUT2D eigenvalue weighted by atomic mass is 10.3. The number of carbonyl (C=O) groups is 2. The number of rotatable bonds is 7. The monoisotopic (exact) mass is 338 g/mol. The first-order valence-electron chi connectivity index (χ1n) is 7.50. The Morgan fingerprint density at radius 2 is 1.67 bits per heavy atom. The largest absolute Gasteiger partial charge is 0.357 e. The summed E-state index contributed by atoms with van der Waals surface area (Å²) in [6, 6.07) is -0.495. The molecule has 134 valence electrons. The summed E-state index contributed by atoms with van der Waals surface area (Å²) in [6.07, 6.45) is 0. The summed E-state index contributed by atoms with van der Waals surface area (Å²) in [5, 5.41) is 5.51. The van der Waals surface area contributed by atoms with Gasteiger partial charge < -0.3 is 25.3 Å². The molecule has 2 N–H and O–H groups in total. The van der Waals surface area contributed by atoms with Crippen LogP contribution >= 0.6 is 0 Å². The van der Waals surface area contributed by atoms with E-state index >= 15 is 0 Å². The molecule has 0 saturated heterocycles. The van der Waals surface area contributed by atoms with Crippen LogP contribution < -0.4 is 20.4 Å². The van der Waals surface area contributed by atoms with Crippen molar-refractivity contribution in [3.8, 4) is 0 Å². The van der Waals surface area contributed by atoms with Crippen molar-refractivity contribution in [2.45, 2.75) is 19.9 Å². The van der Waals surface area contributed by atoms with E-state index in [0.717, 1.165) is 0 Å². The lowest BCUT2D eigenvalue weighted by molar-refractivity contribution is -0.127. The lowest BCUT2D eigenvalue weighted by Crippen LogP contribution is -2.38. The highest BCUT2D eigenvalue weighted by atomic mass is 16.2. The van der Waals surface area contributed by atoms with E-state index in [2.05, 4.69) is 25.6 Å². The molecule has 0 aliphatic heterocycles. The zero-order chi connectivity index (χ0) is 18.4. The van der Waals surface area contributed by atoms with Gasteiger partial charge in [-0.2, -0.15) is 15.0 Å². The molecule has 0 spiro atoms. The van der Waals surface area contributed by atoms with Crippen LogP contribution in [0.1, 0.15) is 13.8 Å². The Labute approximate surface area is 142 Å². The SMILES string of the molecule is CNC(=O)C(C)Nc1nc(N(C)C)nc(N(C)CN(C)C(C)=O)n1. The van der Waals surface area contributed by atoms with Crippen LogP contribution in [0.3, 0.4) is 0 Å². The van der Waals surface area contributed by atoms with Gasteiger partial charge in [0, 0.05) is 42.2 Å². The van der Waals surface area contributed by atoms with E-state index < -0.39 is 6.04 Å². The lowest BCUT2D eigenvalue weighted by Gasteiger charge is -2.25. The summed E-state index contributed by atoms with van der Waals surface area (Å²) in [4.78, 5) is 41.1. The highest BCUT2D eigenvalue weighted by molar-refractivity contribution is 5.83. The van der Waals surface area contributed by atoms with Gasteiger partial charge >= 0.3 is 0 Å². The quantitative estimate of drug-likeness (QED) is 0.632. The second kappa shape index (κ2) is 8.27. The Morgan fingerprint density at radius 1 is 1.08 bits per heavy atom. The van der Waals surface area contributed by atoms with Crippen LogP contribution in [0.4, 0.5) is 17.8 Å². The molecular formula is C14H26N8O2. The van der Waals surface area contributed by atoms with Crippen LogP contribution in [-0.2, 0) is 9.59 Å². The molecule has 10 nitrogen and oxygen atoms in total. The molecule has 0 aliphatic carbocycles. The summed E-state index contributed by atoms with van der Waals surface area (Å²) in [5.41, 5.74) is 0. The summed E-state index contributed by atoms with van der Waals surface area (Å²) >= 11 is 0. The second-order valence-electron chi connectivity index (χ2n) is 5.69. The average Bonchev–Trinajstić information content (AvgIpc) is 2.53. The molecule has 1 heterocycles. The van der Waals surface area contributed by atoms with Crippen LogP contribution in [0.15, 0.2) is 0 Å². The molecule has 0 aromatic carbocycles. The third kappa shape index (κ3) is 5.21. The number of likely N-dealkylation sites (N-methyl/N-ethyl adjacent to an activating group) is 1. The molecule has 1 aromatic heterocycles. The molecule has 1 rings (SSSR count). The summed E-state index contributed by atoms with van der Waals surface area (Å²) < 4.78 is 0. The smallest absolute Gasteiger partial charge is 0.242 e. The molecule has 0 saturated carbocycles. The molecule has 2 amide bonds. The average molecular weight is 338 g/mol. The van der Waals surface area contributed by atoms with Crippen molar-refractivity contribution in [1.82, 2.24) is 25.2 Å². The Bertz CT molecular complexity index is 592. The molecule has 1 unspecified atom stereocenters. The van der Waals surface area contributed by atoms with Crippen LogP contribution in [-0.4, -0.2) is 79.6 Å². The zero-order valence-corrected chi connectivity index (χ0v) is 15.3. The maximum absolute atomic E-state index is 11.7. The highest BCUT2D eigenvalue weighted by Gasteiger charge is 2.17. The standard InChI is InChI=1S/C14H26N8O2/c1-9(11(24)15-3)16-12-17-13(20(4)5)19-14(18-12)22(7)8-21(6)10(2)23/h9H,8H2,1-7H3,(H,15,24)(H,16,17,18,19). The minimum atomic E-state index is -0.495. The number of anilines is 3. The minimum absolute atomic E-state index is 0.0599. The van der Waals surface area contributed by atoms with Crippen LogP contribution in [0.2, 0.25) is 0 Å². The second-order valence-corrected chi connectivity index (χ2v) is 5.69. The van der Waals surface area contributed by atoms with Crippen molar-refractivity contribution in [2.75, 3.05) is 57.0 Å². The first kappa shape index (κ1) is 19.4. The number of aromatic nitrogens is 3. The number of carbonyl (C=O) groups excluding carboxylic acids is 2. The van der Waals surface area contributed by atoms with E-state index in [4.69, 9.17) is 0 Å². The van der Waals surface area contributed by atoms with Gasteiger partial charge in [0.2, 0.25) is 29.7 Å². The first-order valence-corrected chi connectivity index (χ1v) is 7.50. The van der Waals surface area contributed by atoms with E-state index in [1.807, 2.05) is 14.1 Å². The summed E-state index contributed by atoms with van der Waals surface area (Å²) in [5.74, 6) is 0.901. The van der Waals surface area contributed by atoms with Crippen molar-refractivity contribution in [1.29, 1.82) is 0 Å². The maximum atomic E-state index is 11.7. The molecule has 0 aliphatic rings. The van der Waals surface area contributed by atoms with Gasteiger partial charge in [0.1, 0.15) is 6.04 Å². The molecule has 1 aromatic rings. The fraction of sp³-hybridized carbons (Fsp3) is 0.643. The third-order valence-corrected chi connectivity index (χ3v) is 3.30. The Balaban J connectivity index is 3.07. The van der Waals surface area contributed by atoms with Crippen LogP contribution in [0, 0.1) is 0 Å². The van der Waals surface area contributed by atoms with Crippen LogP contribution in [0.25, 0.3) is 0 Å². The summed E-state index contributed by atoms with van der Waals surface area (Å²) in [6.45, 7) is 3.53. The Kier molecular flexibility index (Phi) is 6.69. The van der Waals surface area contributed by atoms with E-state index in [0.29, 0.717) is 18.6 Å². The van der Waals surface area contributed by atoms with E-state index in [1.165, 1.54) is 6.92 Å². The predicted octanol–water partition coefficient (Wildman–Crippen LogP) is -0.644. The topological polar surface area (TPSA) is 107 Å². The normalized spacial score (nSPS) is 11.5. The Hall–Kier alpha value is -2.65. The predicted molar refractivity (Wildman–Crippen MR) is 93.0 cm³/mol. The molecule has 10 heteroatoms. The molecule has 24 heavy (non-hydrogen) atoms. The number of nitrogens with one attached hydrogen (secondary N) is 2. The van der Waals surface area contributed by atoms with Crippen molar-refractivity contribution in [3.63, 3.8) is 0 Å². The summed E-state index contributed by atoms with van der Waals surface area (Å²) in [7, 11) is 8.66. The van der Waals surface area contributed by atoms with Crippen molar-refractivity contribution in [2.24, 2.45) is 0 Å². The maximum Gasteiger partial charge on any atom is 0.242 e. The fourth-order valence-electron chi connectivity index (χ4n) is 1.75. The number of nitrogens with zero attached hydrogens (tertiary/aromatic N) is 6. The van der Waals surface area contributed by atoms with Gasteiger partial charge in [-0.05, 0) is 6.92 Å². The molecule has 1 atom stereocenters.